The summed E-state index contributed by atoms with van der Waals surface area (Å²) in [7, 11) is 0. The minimum atomic E-state index is -4.57. The van der Waals surface area contributed by atoms with Crippen LogP contribution in [-0.4, -0.2) is 29.2 Å². The second-order valence-corrected chi connectivity index (χ2v) is 8.27. The monoisotopic (exact) mass is 394 g/mol. The number of nitrogens with one attached hydrogen (secondary N) is 1. The van der Waals surface area contributed by atoms with Crippen molar-refractivity contribution in [1.82, 2.24) is 10.4 Å². The Labute approximate surface area is 162 Å². The highest BCUT2D eigenvalue weighted by atomic mass is 19.4. The summed E-state index contributed by atoms with van der Waals surface area (Å²) in [6, 6.07) is 8.05. The van der Waals surface area contributed by atoms with Crippen LogP contribution in [0.2, 0.25) is 0 Å². The zero-order valence-electron chi connectivity index (χ0n) is 16.4. The third kappa shape index (κ3) is 4.09. The molecule has 1 N–H and O–H groups in total. The van der Waals surface area contributed by atoms with E-state index in [-0.39, 0.29) is 12.0 Å². The molecule has 1 atom stereocenters. The van der Waals surface area contributed by atoms with Crippen molar-refractivity contribution < 1.29 is 22.7 Å². The molecule has 1 saturated heterocycles. The molecule has 0 aliphatic carbocycles. The van der Waals surface area contributed by atoms with Crippen LogP contribution < -0.4 is 10.2 Å². The molecular weight excluding hydrogens is 369 g/mol. The molecule has 1 aliphatic heterocycles. The Morgan fingerprint density at radius 3 is 2.50 bits per heavy atom. The van der Waals surface area contributed by atoms with E-state index >= 15 is 0 Å². The maximum Gasteiger partial charge on any atom is 0.409 e. The van der Waals surface area contributed by atoms with Crippen LogP contribution in [0, 0.1) is 5.92 Å². The van der Waals surface area contributed by atoms with Gasteiger partial charge in [0, 0.05) is 12.0 Å². The van der Waals surface area contributed by atoms with Gasteiger partial charge >= 0.3 is 6.18 Å². The number of ether oxygens (including phenoxy) is 1. The van der Waals surface area contributed by atoms with Gasteiger partial charge in [0.25, 0.3) is 0 Å². The van der Waals surface area contributed by atoms with Gasteiger partial charge in [-0.05, 0) is 48.2 Å². The van der Waals surface area contributed by atoms with Gasteiger partial charge in [0.05, 0.1) is 6.61 Å². The normalized spacial score (nSPS) is 18.5. The molecule has 3 rings (SSSR count). The fourth-order valence-electron chi connectivity index (χ4n) is 3.55. The minimum absolute atomic E-state index is 0.00704. The lowest BCUT2D eigenvalue weighted by Gasteiger charge is -2.38. The van der Waals surface area contributed by atoms with Gasteiger partial charge in [-0.3, -0.25) is 10.2 Å². The molecular formula is C21H25F3N2O2. The Kier molecular flexibility index (Phi) is 5.32. The molecule has 0 radical (unpaired) electrons. The summed E-state index contributed by atoms with van der Waals surface area (Å²) in [5.74, 6) is 0.411. The molecule has 1 heterocycles. The summed E-state index contributed by atoms with van der Waals surface area (Å²) in [4.78, 5) is 11.9. The number of benzene rings is 2. The van der Waals surface area contributed by atoms with E-state index in [2.05, 4.69) is 5.43 Å². The zero-order chi connectivity index (χ0) is 20.7. The van der Waals surface area contributed by atoms with Crippen LogP contribution >= 0.6 is 0 Å². The summed E-state index contributed by atoms with van der Waals surface area (Å²) in [5.41, 5.74) is 1.54. The first-order chi connectivity index (χ1) is 13.0. The fourth-order valence-corrected chi connectivity index (χ4v) is 3.55. The second kappa shape index (κ2) is 7.28. The van der Waals surface area contributed by atoms with E-state index in [1.54, 1.807) is 44.2 Å². The van der Waals surface area contributed by atoms with Crippen LogP contribution in [-0.2, 0) is 4.79 Å². The van der Waals surface area contributed by atoms with Gasteiger partial charge in [-0.25, -0.2) is 0 Å². The average Bonchev–Trinajstić information content (AvgIpc) is 2.84. The van der Waals surface area contributed by atoms with Crippen molar-refractivity contribution in [3.8, 4) is 5.75 Å². The summed E-state index contributed by atoms with van der Waals surface area (Å²) < 4.78 is 48.3. The average molecular weight is 394 g/mol. The van der Waals surface area contributed by atoms with E-state index in [0.29, 0.717) is 29.0 Å². The maximum atomic E-state index is 14.2. The van der Waals surface area contributed by atoms with Crippen LogP contribution in [0.4, 0.5) is 13.2 Å². The number of halogens is 3. The number of fused-ring (bicyclic) bond motifs is 1. The molecule has 2 aromatic carbocycles. The number of rotatable bonds is 5. The molecule has 0 spiro atoms. The first-order valence-corrected chi connectivity index (χ1v) is 9.30. The number of alkyl halides is 3. The molecule has 152 valence electrons. The summed E-state index contributed by atoms with van der Waals surface area (Å²) in [5, 5.41) is 2.18. The first kappa shape index (κ1) is 20.5. The molecule has 0 saturated carbocycles. The van der Waals surface area contributed by atoms with E-state index < -0.39 is 23.7 Å². The van der Waals surface area contributed by atoms with Crippen LogP contribution in [0.1, 0.15) is 45.7 Å². The number of carbonyl (C=O) groups excluding carboxylic acids is 1. The van der Waals surface area contributed by atoms with Crippen molar-refractivity contribution >= 4 is 16.7 Å². The lowest BCUT2D eigenvalue weighted by molar-refractivity contribution is -0.203. The third-order valence-electron chi connectivity index (χ3n) is 4.82. The first-order valence-electron chi connectivity index (χ1n) is 9.30. The van der Waals surface area contributed by atoms with Gasteiger partial charge in [-0.2, -0.15) is 18.2 Å². The Balaban J connectivity index is 2.12. The minimum Gasteiger partial charge on any atom is -0.493 e. The van der Waals surface area contributed by atoms with Crippen LogP contribution in [0.25, 0.3) is 10.8 Å². The summed E-state index contributed by atoms with van der Waals surface area (Å²) in [6.45, 7) is 7.75. The van der Waals surface area contributed by atoms with Crippen molar-refractivity contribution in [3.05, 3.63) is 42.0 Å². The topological polar surface area (TPSA) is 41.6 Å². The number of hydrazine groups is 1. The molecule has 1 aliphatic rings. The summed E-state index contributed by atoms with van der Waals surface area (Å²) in [6.07, 6.45) is -4.56. The van der Waals surface area contributed by atoms with Crippen molar-refractivity contribution in [1.29, 1.82) is 0 Å². The fraction of sp³-hybridized carbons (Fsp3) is 0.476. The molecule has 1 amide bonds. The zero-order valence-corrected chi connectivity index (χ0v) is 16.4. The SMILES string of the molecule is CC(C)COc1ccc2cccc(C(N3NC(=O)CC3(C)C)C(F)(F)F)c2c1. The van der Waals surface area contributed by atoms with Gasteiger partial charge in [0.1, 0.15) is 5.75 Å². The smallest absolute Gasteiger partial charge is 0.409 e. The standard InChI is InChI=1S/C21H25F3N2O2/c1-13(2)12-28-15-9-8-14-6-5-7-16(17(14)10-15)19(21(22,23)24)26-20(3,4)11-18(27)25-26/h5-10,13,19H,11-12H2,1-4H3,(H,25,27). The molecule has 2 aromatic rings. The number of nitrogens with zero attached hydrogens (tertiary/aromatic N) is 1. The van der Waals surface area contributed by atoms with Crippen molar-refractivity contribution in [3.63, 3.8) is 0 Å². The molecule has 0 bridgehead atoms. The van der Waals surface area contributed by atoms with Crippen LogP contribution in [0.5, 0.6) is 5.75 Å². The molecule has 28 heavy (non-hydrogen) atoms. The van der Waals surface area contributed by atoms with Crippen molar-refractivity contribution in [2.45, 2.75) is 51.9 Å². The highest BCUT2D eigenvalue weighted by molar-refractivity contribution is 5.88. The Morgan fingerprint density at radius 2 is 1.93 bits per heavy atom. The third-order valence-corrected chi connectivity index (χ3v) is 4.82. The lowest BCUT2D eigenvalue weighted by Crippen LogP contribution is -2.51. The molecule has 0 aromatic heterocycles. The van der Waals surface area contributed by atoms with E-state index in [0.717, 1.165) is 5.01 Å². The van der Waals surface area contributed by atoms with E-state index in [1.807, 2.05) is 13.8 Å². The van der Waals surface area contributed by atoms with E-state index in [9.17, 15) is 18.0 Å². The number of hydrogen-bond donors (Lipinski definition) is 1. The Hall–Kier alpha value is -2.28. The van der Waals surface area contributed by atoms with Crippen molar-refractivity contribution in [2.75, 3.05) is 6.61 Å². The maximum absolute atomic E-state index is 14.2. The lowest BCUT2D eigenvalue weighted by atomic mass is 9.93. The van der Waals surface area contributed by atoms with Crippen LogP contribution in [0.15, 0.2) is 36.4 Å². The molecule has 4 nitrogen and oxygen atoms in total. The van der Waals surface area contributed by atoms with Crippen molar-refractivity contribution in [2.24, 2.45) is 5.92 Å². The van der Waals surface area contributed by atoms with Gasteiger partial charge < -0.3 is 4.74 Å². The highest BCUT2D eigenvalue weighted by Gasteiger charge is 2.53. The number of hydrogen-bond acceptors (Lipinski definition) is 3. The Morgan fingerprint density at radius 1 is 1.21 bits per heavy atom. The molecule has 7 heteroatoms. The van der Waals surface area contributed by atoms with Gasteiger partial charge in [0.2, 0.25) is 5.91 Å². The molecule has 1 unspecified atom stereocenters. The quantitative estimate of drug-likeness (QED) is 0.777. The summed E-state index contributed by atoms with van der Waals surface area (Å²) >= 11 is 0. The predicted octanol–water partition coefficient (Wildman–Crippen LogP) is 4.99. The largest absolute Gasteiger partial charge is 0.493 e. The number of carbonyl (C=O) groups is 1. The van der Waals surface area contributed by atoms with Gasteiger partial charge in [0.15, 0.2) is 6.04 Å². The van der Waals surface area contributed by atoms with E-state index in [4.69, 9.17) is 4.74 Å². The second-order valence-electron chi connectivity index (χ2n) is 8.27. The van der Waals surface area contributed by atoms with Crippen LogP contribution in [0.3, 0.4) is 0 Å². The van der Waals surface area contributed by atoms with E-state index in [1.165, 1.54) is 6.07 Å². The van der Waals surface area contributed by atoms with Gasteiger partial charge in [-0.15, -0.1) is 0 Å². The molecule has 1 fully saturated rings. The van der Waals surface area contributed by atoms with Gasteiger partial charge in [-0.1, -0.05) is 38.1 Å². The highest BCUT2D eigenvalue weighted by Crippen LogP contribution is 2.45. The Bertz CT molecular complexity index is 878. The predicted molar refractivity (Wildman–Crippen MR) is 102 cm³/mol. The number of amides is 1.